The number of nitrogens with zero attached hydrogens (tertiary/aromatic N) is 5. The molecular weight excluding hydrogens is 430 g/mol. The molecule has 0 saturated carbocycles. The molecule has 8 heteroatoms. The molecule has 1 amide bonds. The van der Waals surface area contributed by atoms with Crippen LogP contribution in [-0.2, 0) is 13.0 Å². The highest BCUT2D eigenvalue weighted by molar-refractivity contribution is 5.94. The Kier molecular flexibility index (Phi) is 6.04. The van der Waals surface area contributed by atoms with Crippen molar-refractivity contribution in [3.63, 3.8) is 0 Å². The number of carbonyl (C=O) groups excluding carboxylic acids is 1. The highest BCUT2D eigenvalue weighted by Gasteiger charge is 2.29. The molecule has 0 N–H and O–H groups in total. The first-order valence-corrected chi connectivity index (χ1v) is 12.0. The van der Waals surface area contributed by atoms with Crippen molar-refractivity contribution in [1.29, 1.82) is 0 Å². The van der Waals surface area contributed by atoms with Gasteiger partial charge < -0.3 is 14.4 Å². The number of nitro benzene ring substituents is 1. The van der Waals surface area contributed by atoms with Gasteiger partial charge in [-0.25, -0.2) is 4.98 Å². The second-order valence-corrected chi connectivity index (χ2v) is 9.11. The number of non-ortho nitro benzene ring substituents is 1. The first-order chi connectivity index (χ1) is 16.5. The number of amides is 1. The second-order valence-electron chi connectivity index (χ2n) is 9.11. The first kappa shape index (κ1) is 22.1. The first-order valence-electron chi connectivity index (χ1n) is 12.0. The quantitative estimate of drug-likeness (QED) is 0.425. The summed E-state index contributed by atoms with van der Waals surface area (Å²) in [5, 5.41) is 10.9. The SMILES string of the molecule is Cc1ccc(-c2nc(C(=O)N3CCN(c4ccc([N+](=O)[O-])cc4)CC3)c3n2CCCCC3)cc1. The molecule has 0 atom stereocenters. The molecule has 2 aromatic carbocycles. The number of fused-ring (bicyclic) bond motifs is 1. The van der Waals surface area contributed by atoms with Gasteiger partial charge in [-0.05, 0) is 38.3 Å². The summed E-state index contributed by atoms with van der Waals surface area (Å²) in [5.41, 5.74) is 4.94. The molecule has 176 valence electrons. The van der Waals surface area contributed by atoms with Gasteiger partial charge >= 0.3 is 0 Å². The van der Waals surface area contributed by atoms with E-state index in [4.69, 9.17) is 4.98 Å². The van der Waals surface area contributed by atoms with Gasteiger partial charge in [0.25, 0.3) is 11.6 Å². The highest BCUT2D eigenvalue weighted by atomic mass is 16.6. The summed E-state index contributed by atoms with van der Waals surface area (Å²) < 4.78 is 2.26. The summed E-state index contributed by atoms with van der Waals surface area (Å²) in [6, 6.07) is 15.0. The van der Waals surface area contributed by atoms with Crippen LogP contribution >= 0.6 is 0 Å². The van der Waals surface area contributed by atoms with E-state index in [1.54, 1.807) is 12.1 Å². The Morgan fingerprint density at radius 3 is 2.29 bits per heavy atom. The molecule has 1 aromatic heterocycles. The monoisotopic (exact) mass is 459 g/mol. The molecule has 3 heterocycles. The van der Waals surface area contributed by atoms with Crippen LogP contribution in [0.4, 0.5) is 11.4 Å². The molecule has 0 aliphatic carbocycles. The lowest BCUT2D eigenvalue weighted by molar-refractivity contribution is -0.384. The third-order valence-corrected chi connectivity index (χ3v) is 6.87. The van der Waals surface area contributed by atoms with Crippen LogP contribution in [0.25, 0.3) is 11.4 Å². The van der Waals surface area contributed by atoms with Crippen LogP contribution in [0.1, 0.15) is 41.0 Å². The Balaban J connectivity index is 1.35. The number of hydrogen-bond donors (Lipinski definition) is 0. The van der Waals surface area contributed by atoms with Gasteiger partial charge in [0.2, 0.25) is 0 Å². The Labute approximate surface area is 199 Å². The molecule has 3 aromatic rings. The van der Waals surface area contributed by atoms with E-state index in [0.717, 1.165) is 55.0 Å². The maximum absolute atomic E-state index is 13.6. The van der Waals surface area contributed by atoms with Gasteiger partial charge in [-0.2, -0.15) is 0 Å². The van der Waals surface area contributed by atoms with Crippen molar-refractivity contribution in [2.45, 2.75) is 39.2 Å². The third kappa shape index (κ3) is 4.27. The van der Waals surface area contributed by atoms with Gasteiger partial charge in [0.15, 0.2) is 0 Å². The van der Waals surface area contributed by atoms with Crippen molar-refractivity contribution in [3.05, 3.63) is 75.6 Å². The molecule has 0 bridgehead atoms. The van der Waals surface area contributed by atoms with Crippen LogP contribution in [0.15, 0.2) is 48.5 Å². The van der Waals surface area contributed by atoms with E-state index >= 15 is 0 Å². The number of aromatic nitrogens is 2. The zero-order chi connectivity index (χ0) is 23.7. The number of imidazole rings is 1. The minimum Gasteiger partial charge on any atom is -0.368 e. The fourth-order valence-corrected chi connectivity index (χ4v) is 4.92. The lowest BCUT2D eigenvalue weighted by Crippen LogP contribution is -2.49. The van der Waals surface area contributed by atoms with Crippen LogP contribution in [0.5, 0.6) is 0 Å². The van der Waals surface area contributed by atoms with Crippen LogP contribution < -0.4 is 4.90 Å². The van der Waals surface area contributed by atoms with E-state index < -0.39 is 0 Å². The largest absolute Gasteiger partial charge is 0.368 e. The molecule has 0 unspecified atom stereocenters. The van der Waals surface area contributed by atoms with Crippen LogP contribution in [0.3, 0.4) is 0 Å². The van der Waals surface area contributed by atoms with Crippen molar-refractivity contribution in [3.8, 4) is 11.4 Å². The molecule has 34 heavy (non-hydrogen) atoms. The van der Waals surface area contributed by atoms with Gasteiger partial charge in [0.05, 0.1) is 10.6 Å². The fourth-order valence-electron chi connectivity index (χ4n) is 4.92. The molecule has 0 radical (unpaired) electrons. The number of carbonyl (C=O) groups is 1. The molecular formula is C26H29N5O3. The number of nitro groups is 1. The summed E-state index contributed by atoms with van der Waals surface area (Å²) in [5.74, 6) is 0.900. The summed E-state index contributed by atoms with van der Waals surface area (Å²) in [7, 11) is 0. The minimum atomic E-state index is -0.390. The normalized spacial score (nSPS) is 16.1. The minimum absolute atomic E-state index is 0.00682. The Hall–Kier alpha value is -3.68. The van der Waals surface area contributed by atoms with Crippen molar-refractivity contribution < 1.29 is 9.72 Å². The van der Waals surface area contributed by atoms with Crippen molar-refractivity contribution >= 4 is 17.3 Å². The Morgan fingerprint density at radius 2 is 1.62 bits per heavy atom. The summed E-state index contributed by atoms with van der Waals surface area (Å²) >= 11 is 0. The Morgan fingerprint density at radius 1 is 0.912 bits per heavy atom. The van der Waals surface area contributed by atoms with E-state index in [1.807, 2.05) is 4.90 Å². The van der Waals surface area contributed by atoms with E-state index in [9.17, 15) is 14.9 Å². The van der Waals surface area contributed by atoms with E-state index in [0.29, 0.717) is 31.9 Å². The van der Waals surface area contributed by atoms with Crippen molar-refractivity contribution in [1.82, 2.24) is 14.5 Å². The second kappa shape index (κ2) is 9.29. The molecule has 1 fully saturated rings. The average Bonchev–Trinajstić information content (AvgIpc) is 3.05. The predicted molar refractivity (Wildman–Crippen MR) is 131 cm³/mol. The summed E-state index contributed by atoms with van der Waals surface area (Å²) in [6.45, 7) is 5.53. The third-order valence-electron chi connectivity index (χ3n) is 6.87. The number of benzene rings is 2. The van der Waals surface area contributed by atoms with Gasteiger partial charge in [-0.3, -0.25) is 14.9 Å². The number of hydrogen-bond acceptors (Lipinski definition) is 5. The Bertz CT molecular complexity index is 1190. The van der Waals surface area contributed by atoms with E-state index in [-0.39, 0.29) is 16.5 Å². The van der Waals surface area contributed by atoms with Crippen LogP contribution in [0, 0.1) is 17.0 Å². The maximum atomic E-state index is 13.6. The lowest BCUT2D eigenvalue weighted by Gasteiger charge is -2.36. The van der Waals surface area contributed by atoms with Crippen molar-refractivity contribution in [2.24, 2.45) is 0 Å². The van der Waals surface area contributed by atoms with E-state index in [2.05, 4.69) is 40.7 Å². The number of aryl methyl sites for hydroxylation is 1. The van der Waals surface area contributed by atoms with Gasteiger partial charge in [0, 0.05) is 56.1 Å². The zero-order valence-electron chi connectivity index (χ0n) is 19.4. The topological polar surface area (TPSA) is 84.5 Å². The number of rotatable bonds is 4. The molecule has 2 aliphatic rings. The maximum Gasteiger partial charge on any atom is 0.274 e. The molecule has 8 nitrogen and oxygen atoms in total. The lowest BCUT2D eigenvalue weighted by atomic mass is 10.1. The van der Waals surface area contributed by atoms with Crippen LogP contribution in [-0.4, -0.2) is 51.5 Å². The molecule has 1 saturated heterocycles. The summed E-state index contributed by atoms with van der Waals surface area (Å²) in [4.78, 5) is 33.1. The molecule has 2 aliphatic heterocycles. The fraction of sp³-hybridized carbons (Fsp3) is 0.385. The average molecular weight is 460 g/mol. The smallest absolute Gasteiger partial charge is 0.274 e. The molecule has 5 rings (SSSR count). The predicted octanol–water partition coefficient (Wildman–Crippen LogP) is 4.46. The van der Waals surface area contributed by atoms with Crippen molar-refractivity contribution in [2.75, 3.05) is 31.1 Å². The molecule has 0 spiro atoms. The van der Waals surface area contributed by atoms with Gasteiger partial charge in [-0.1, -0.05) is 36.2 Å². The van der Waals surface area contributed by atoms with Gasteiger partial charge in [0.1, 0.15) is 11.5 Å². The number of anilines is 1. The van der Waals surface area contributed by atoms with E-state index in [1.165, 1.54) is 17.7 Å². The highest BCUT2D eigenvalue weighted by Crippen LogP contribution is 2.29. The summed E-state index contributed by atoms with van der Waals surface area (Å²) in [6.07, 6.45) is 4.22. The number of piperazine rings is 1. The van der Waals surface area contributed by atoms with Gasteiger partial charge in [-0.15, -0.1) is 0 Å². The zero-order valence-corrected chi connectivity index (χ0v) is 19.4. The van der Waals surface area contributed by atoms with Crippen LogP contribution in [0.2, 0.25) is 0 Å². The standard InChI is InChI=1S/C26H29N5O3/c1-19-6-8-20(9-7-19)25-27-24(23-5-3-2-4-14-30(23)25)26(32)29-17-15-28(16-18-29)21-10-12-22(13-11-21)31(33)34/h6-13H,2-5,14-18H2,1H3.